The van der Waals surface area contributed by atoms with Gasteiger partial charge < -0.3 is 9.55 Å². The molecule has 142 valence electrons. The first-order chi connectivity index (χ1) is 13.5. The first-order valence-corrected chi connectivity index (χ1v) is 9.96. The molecule has 0 radical (unpaired) electrons. The summed E-state index contributed by atoms with van der Waals surface area (Å²) in [5.41, 5.74) is 1.82. The van der Waals surface area contributed by atoms with Crippen molar-refractivity contribution in [1.29, 1.82) is 5.41 Å². The molecule has 2 N–H and O–H groups in total. The lowest BCUT2D eigenvalue weighted by atomic mass is 9.96. The Balaban J connectivity index is 1.80. The quantitative estimate of drug-likeness (QED) is 0.508. The minimum absolute atomic E-state index is 0.144. The van der Waals surface area contributed by atoms with Gasteiger partial charge in [-0.15, -0.1) is 11.3 Å². The Kier molecular flexibility index (Phi) is 4.73. The smallest absolute Gasteiger partial charge is 0.253 e. The second kappa shape index (κ2) is 7.20. The molecule has 2 aromatic carbocycles. The van der Waals surface area contributed by atoms with Gasteiger partial charge >= 0.3 is 0 Å². The van der Waals surface area contributed by atoms with Gasteiger partial charge in [0.05, 0.1) is 6.04 Å². The van der Waals surface area contributed by atoms with Gasteiger partial charge in [0.25, 0.3) is 5.56 Å². The van der Waals surface area contributed by atoms with Gasteiger partial charge in [0.15, 0.2) is 4.80 Å². The first kappa shape index (κ1) is 18.4. The molecule has 4 nitrogen and oxygen atoms in total. The lowest BCUT2D eigenvalue weighted by molar-refractivity contribution is 0.424. The first-order valence-electron chi connectivity index (χ1n) is 9.08. The molecule has 1 atom stereocenters. The average Bonchev–Trinajstić information content (AvgIpc) is 3.09. The Morgan fingerprint density at radius 1 is 1.14 bits per heavy atom. The second-order valence-electron chi connectivity index (χ2n) is 7.14. The highest BCUT2D eigenvalue weighted by Gasteiger charge is 2.22. The highest BCUT2D eigenvalue weighted by Crippen LogP contribution is 2.27. The topological polar surface area (TPSA) is 61.6 Å². The van der Waals surface area contributed by atoms with Crippen LogP contribution in [-0.4, -0.2) is 9.55 Å². The molecule has 0 aliphatic carbocycles. The van der Waals surface area contributed by atoms with Crippen molar-refractivity contribution < 1.29 is 4.39 Å². The highest BCUT2D eigenvalue weighted by molar-refractivity contribution is 7.06. The van der Waals surface area contributed by atoms with E-state index in [0.29, 0.717) is 21.4 Å². The van der Waals surface area contributed by atoms with E-state index in [2.05, 4.69) is 4.98 Å². The van der Waals surface area contributed by atoms with Crippen molar-refractivity contribution in [3.63, 3.8) is 0 Å². The Bertz CT molecular complexity index is 1270. The standard InChI is InChI=1S/C22H20FN3OS/c1-13(2)20(26-10-11-28-22(26)24)16-8-9-19(25-21(16)27)15-7-6-14-4-3-5-18(23)17(14)12-15/h3-13,20,24H,1-2H3,(H,25,27). The maximum absolute atomic E-state index is 14.1. The number of thiazole rings is 1. The third kappa shape index (κ3) is 3.20. The summed E-state index contributed by atoms with van der Waals surface area (Å²) < 4.78 is 15.9. The van der Waals surface area contributed by atoms with Crippen LogP contribution in [-0.2, 0) is 0 Å². The average molecular weight is 393 g/mol. The minimum Gasteiger partial charge on any atom is -0.322 e. The number of rotatable bonds is 4. The normalized spacial score (nSPS) is 12.6. The fourth-order valence-electron chi connectivity index (χ4n) is 3.63. The van der Waals surface area contributed by atoms with E-state index in [-0.39, 0.29) is 23.3 Å². The summed E-state index contributed by atoms with van der Waals surface area (Å²) in [5.74, 6) is -0.138. The number of hydrogen-bond acceptors (Lipinski definition) is 3. The molecular formula is C22H20FN3OS. The molecule has 2 heterocycles. The number of nitrogens with one attached hydrogen (secondary N) is 2. The molecule has 0 saturated heterocycles. The predicted molar refractivity (Wildman–Crippen MR) is 111 cm³/mol. The van der Waals surface area contributed by atoms with Crippen LogP contribution in [0.2, 0.25) is 0 Å². The van der Waals surface area contributed by atoms with Gasteiger partial charge in [0, 0.05) is 28.2 Å². The molecule has 0 bridgehead atoms. The number of pyridine rings is 1. The van der Waals surface area contributed by atoms with Crippen LogP contribution in [0.25, 0.3) is 22.0 Å². The molecule has 0 aliphatic heterocycles. The van der Waals surface area contributed by atoms with Gasteiger partial charge in [0.1, 0.15) is 5.82 Å². The van der Waals surface area contributed by atoms with Crippen molar-refractivity contribution in [2.75, 3.05) is 0 Å². The van der Waals surface area contributed by atoms with E-state index in [9.17, 15) is 9.18 Å². The summed E-state index contributed by atoms with van der Waals surface area (Å²) in [6, 6.07) is 13.9. The van der Waals surface area contributed by atoms with Crippen molar-refractivity contribution in [3.8, 4) is 11.3 Å². The third-order valence-corrected chi connectivity index (χ3v) is 5.66. The van der Waals surface area contributed by atoms with Crippen LogP contribution in [0.15, 0.2) is 64.9 Å². The molecule has 0 saturated carbocycles. The van der Waals surface area contributed by atoms with Crippen LogP contribution in [0.4, 0.5) is 4.39 Å². The Morgan fingerprint density at radius 2 is 1.96 bits per heavy atom. The van der Waals surface area contributed by atoms with E-state index in [4.69, 9.17) is 5.41 Å². The fourth-order valence-corrected chi connectivity index (χ4v) is 4.24. The van der Waals surface area contributed by atoms with Crippen molar-refractivity contribution >= 4 is 22.1 Å². The number of hydrogen-bond donors (Lipinski definition) is 2. The zero-order chi connectivity index (χ0) is 19.8. The van der Waals surface area contributed by atoms with Crippen molar-refractivity contribution in [2.24, 2.45) is 5.92 Å². The third-order valence-electron chi connectivity index (χ3n) is 4.97. The van der Waals surface area contributed by atoms with E-state index in [1.165, 1.54) is 17.4 Å². The lowest BCUT2D eigenvalue weighted by Crippen LogP contribution is -2.29. The molecule has 0 fully saturated rings. The van der Waals surface area contributed by atoms with Crippen LogP contribution in [0.3, 0.4) is 0 Å². The predicted octanol–water partition coefficient (Wildman–Crippen LogP) is 4.92. The molecule has 1 unspecified atom stereocenters. The van der Waals surface area contributed by atoms with E-state index in [0.717, 1.165) is 10.9 Å². The molecule has 0 aliphatic rings. The van der Waals surface area contributed by atoms with Gasteiger partial charge in [0.2, 0.25) is 0 Å². The van der Waals surface area contributed by atoms with Gasteiger partial charge in [-0.25, -0.2) is 4.39 Å². The number of aromatic amines is 1. The summed E-state index contributed by atoms with van der Waals surface area (Å²) in [5, 5.41) is 11.3. The van der Waals surface area contributed by atoms with Crippen LogP contribution < -0.4 is 10.4 Å². The Hall–Kier alpha value is -2.99. The molecule has 28 heavy (non-hydrogen) atoms. The zero-order valence-electron chi connectivity index (χ0n) is 15.6. The largest absolute Gasteiger partial charge is 0.322 e. The maximum atomic E-state index is 14.1. The van der Waals surface area contributed by atoms with Gasteiger partial charge in [-0.3, -0.25) is 10.2 Å². The van der Waals surface area contributed by atoms with Crippen molar-refractivity contribution in [3.05, 3.63) is 86.6 Å². The number of halogens is 1. The Morgan fingerprint density at radius 3 is 2.64 bits per heavy atom. The maximum Gasteiger partial charge on any atom is 0.253 e. The molecule has 0 spiro atoms. The summed E-state index contributed by atoms with van der Waals surface area (Å²) in [6.07, 6.45) is 1.84. The van der Waals surface area contributed by atoms with Gasteiger partial charge in [-0.2, -0.15) is 0 Å². The molecule has 0 amide bonds. The lowest BCUT2D eigenvalue weighted by Gasteiger charge is -2.22. The van der Waals surface area contributed by atoms with Crippen molar-refractivity contribution in [2.45, 2.75) is 19.9 Å². The monoisotopic (exact) mass is 393 g/mol. The highest BCUT2D eigenvalue weighted by atomic mass is 32.1. The van der Waals surface area contributed by atoms with E-state index < -0.39 is 0 Å². The second-order valence-corrected chi connectivity index (χ2v) is 8.03. The SMILES string of the molecule is CC(C)C(c1ccc(-c2ccc3cccc(F)c3c2)[nH]c1=O)n1ccsc1=N. The number of nitrogens with zero attached hydrogens (tertiary/aromatic N) is 1. The fraction of sp³-hybridized carbons (Fsp3) is 0.182. The minimum atomic E-state index is -0.282. The molecule has 4 aromatic rings. The van der Waals surface area contributed by atoms with Crippen LogP contribution in [0.1, 0.15) is 25.5 Å². The van der Waals surface area contributed by atoms with Crippen LogP contribution in [0, 0.1) is 17.1 Å². The van der Waals surface area contributed by atoms with Gasteiger partial charge in [-0.05, 0) is 41.1 Å². The molecular weight excluding hydrogens is 373 g/mol. The Labute approximate surface area is 165 Å². The van der Waals surface area contributed by atoms with Crippen LogP contribution >= 0.6 is 11.3 Å². The van der Waals surface area contributed by atoms with E-state index >= 15 is 0 Å². The summed E-state index contributed by atoms with van der Waals surface area (Å²) >= 11 is 1.33. The molecule has 2 aromatic heterocycles. The number of H-pyrrole nitrogens is 1. The molecule has 6 heteroatoms. The van der Waals surface area contributed by atoms with Crippen molar-refractivity contribution in [1.82, 2.24) is 9.55 Å². The van der Waals surface area contributed by atoms with E-state index in [1.54, 1.807) is 12.1 Å². The van der Waals surface area contributed by atoms with Crippen LogP contribution in [0.5, 0.6) is 0 Å². The molecule has 4 rings (SSSR count). The summed E-state index contributed by atoms with van der Waals surface area (Å²) in [6.45, 7) is 4.07. The van der Waals surface area contributed by atoms with Gasteiger partial charge in [-0.1, -0.05) is 38.1 Å². The number of aromatic nitrogens is 2. The summed E-state index contributed by atoms with van der Waals surface area (Å²) in [4.78, 5) is 16.2. The number of benzene rings is 2. The summed E-state index contributed by atoms with van der Waals surface area (Å²) in [7, 11) is 0. The van der Waals surface area contributed by atoms with E-state index in [1.807, 2.05) is 60.3 Å². The number of fused-ring (bicyclic) bond motifs is 1. The zero-order valence-corrected chi connectivity index (χ0v) is 16.4.